The van der Waals surface area contributed by atoms with Gasteiger partial charge in [0.05, 0.1) is 10.7 Å². The van der Waals surface area contributed by atoms with E-state index in [1.807, 2.05) is 13.8 Å². The van der Waals surface area contributed by atoms with Gasteiger partial charge in [-0.15, -0.1) is 0 Å². The molecule has 15 heavy (non-hydrogen) atoms. The maximum atomic E-state index is 12.7. The Morgan fingerprint density at radius 2 is 2.20 bits per heavy atom. The van der Waals surface area contributed by atoms with Gasteiger partial charge in [-0.05, 0) is 24.1 Å². The first-order valence-corrected chi connectivity index (χ1v) is 5.11. The number of anilines is 1. The fourth-order valence-corrected chi connectivity index (χ4v) is 1.38. The summed E-state index contributed by atoms with van der Waals surface area (Å²) in [6.45, 7) is 3.90. The predicted octanol–water partition coefficient (Wildman–Crippen LogP) is 3.46. The van der Waals surface area contributed by atoms with Crippen LogP contribution in [-0.4, -0.2) is 5.91 Å². The topological polar surface area (TPSA) is 29.1 Å². The van der Waals surface area contributed by atoms with Gasteiger partial charge in [0.25, 0.3) is 0 Å². The van der Waals surface area contributed by atoms with Crippen molar-refractivity contribution in [1.29, 1.82) is 0 Å². The molecule has 1 amide bonds. The molecule has 1 N–H and O–H groups in total. The van der Waals surface area contributed by atoms with Gasteiger partial charge in [-0.25, -0.2) is 4.39 Å². The Labute approximate surface area is 93.4 Å². The average molecular weight is 230 g/mol. The van der Waals surface area contributed by atoms with Crippen LogP contribution in [-0.2, 0) is 4.79 Å². The highest BCUT2D eigenvalue weighted by Gasteiger charge is 2.08. The van der Waals surface area contributed by atoms with Crippen LogP contribution >= 0.6 is 11.6 Å². The number of hydrogen-bond donors (Lipinski definition) is 1. The van der Waals surface area contributed by atoms with E-state index >= 15 is 0 Å². The molecule has 0 bridgehead atoms. The summed E-state index contributed by atoms with van der Waals surface area (Å²) in [7, 11) is 0. The number of rotatable bonds is 3. The van der Waals surface area contributed by atoms with E-state index in [9.17, 15) is 9.18 Å². The molecule has 0 saturated carbocycles. The third kappa shape index (κ3) is 3.88. The van der Waals surface area contributed by atoms with Crippen LogP contribution in [0.3, 0.4) is 0 Å². The molecule has 0 unspecified atom stereocenters. The monoisotopic (exact) mass is 229 g/mol. The normalized spacial score (nSPS) is 10.5. The average Bonchev–Trinajstić information content (AvgIpc) is 2.08. The highest BCUT2D eigenvalue weighted by molar-refractivity contribution is 6.33. The van der Waals surface area contributed by atoms with E-state index in [2.05, 4.69) is 5.32 Å². The summed E-state index contributed by atoms with van der Waals surface area (Å²) in [6, 6.07) is 3.89. The van der Waals surface area contributed by atoms with Gasteiger partial charge in [0.2, 0.25) is 5.91 Å². The lowest BCUT2D eigenvalue weighted by Gasteiger charge is -2.08. The van der Waals surface area contributed by atoms with Gasteiger partial charge >= 0.3 is 0 Å². The SMILES string of the molecule is CC(C)CC(=O)Nc1ccc(F)cc1Cl. The fraction of sp³-hybridized carbons (Fsp3) is 0.364. The Kier molecular flexibility index (Phi) is 4.09. The lowest BCUT2D eigenvalue weighted by atomic mass is 10.1. The Morgan fingerprint density at radius 3 is 2.73 bits per heavy atom. The minimum absolute atomic E-state index is 0.112. The maximum absolute atomic E-state index is 12.7. The molecule has 82 valence electrons. The van der Waals surface area contributed by atoms with Crippen molar-refractivity contribution >= 4 is 23.2 Å². The van der Waals surface area contributed by atoms with Crippen LogP contribution in [0.15, 0.2) is 18.2 Å². The number of hydrogen-bond acceptors (Lipinski definition) is 1. The van der Waals surface area contributed by atoms with Crippen LogP contribution < -0.4 is 5.32 Å². The molecule has 0 atom stereocenters. The molecule has 0 fully saturated rings. The molecule has 1 aromatic carbocycles. The number of carbonyl (C=O) groups is 1. The van der Waals surface area contributed by atoms with Crippen molar-refractivity contribution in [1.82, 2.24) is 0 Å². The van der Waals surface area contributed by atoms with E-state index in [1.165, 1.54) is 18.2 Å². The largest absolute Gasteiger partial charge is 0.325 e. The van der Waals surface area contributed by atoms with E-state index in [1.54, 1.807) is 0 Å². The van der Waals surface area contributed by atoms with Gasteiger partial charge in [-0.1, -0.05) is 25.4 Å². The van der Waals surface area contributed by atoms with Gasteiger partial charge in [-0.2, -0.15) is 0 Å². The summed E-state index contributed by atoms with van der Waals surface area (Å²) in [5.74, 6) is -0.246. The first-order valence-electron chi connectivity index (χ1n) is 4.74. The number of carbonyl (C=O) groups excluding carboxylic acids is 1. The van der Waals surface area contributed by atoms with Gasteiger partial charge in [-0.3, -0.25) is 4.79 Å². The van der Waals surface area contributed by atoms with Crippen LogP contribution in [0.25, 0.3) is 0 Å². The molecule has 1 rings (SSSR count). The van der Waals surface area contributed by atoms with Gasteiger partial charge in [0, 0.05) is 6.42 Å². The third-order valence-electron chi connectivity index (χ3n) is 1.80. The van der Waals surface area contributed by atoms with E-state index in [-0.39, 0.29) is 16.8 Å². The van der Waals surface area contributed by atoms with Crippen LogP contribution in [0.4, 0.5) is 10.1 Å². The molecular weight excluding hydrogens is 217 g/mol. The first-order chi connectivity index (χ1) is 6.99. The van der Waals surface area contributed by atoms with Crippen molar-refractivity contribution in [2.45, 2.75) is 20.3 Å². The zero-order valence-electron chi connectivity index (χ0n) is 8.68. The summed E-state index contributed by atoms with van der Waals surface area (Å²) in [5.41, 5.74) is 0.448. The fourth-order valence-electron chi connectivity index (χ4n) is 1.16. The first kappa shape index (κ1) is 12.0. The zero-order valence-corrected chi connectivity index (χ0v) is 9.44. The number of halogens is 2. The maximum Gasteiger partial charge on any atom is 0.224 e. The van der Waals surface area contributed by atoms with E-state index in [0.29, 0.717) is 12.1 Å². The van der Waals surface area contributed by atoms with E-state index < -0.39 is 5.82 Å². The molecule has 0 aliphatic rings. The lowest BCUT2D eigenvalue weighted by Crippen LogP contribution is -2.14. The Balaban J connectivity index is 2.68. The molecule has 0 aliphatic heterocycles. The van der Waals surface area contributed by atoms with Crippen molar-refractivity contribution in [3.05, 3.63) is 29.0 Å². The summed E-state index contributed by atoms with van der Waals surface area (Å²) in [4.78, 5) is 11.4. The minimum atomic E-state index is -0.415. The highest BCUT2D eigenvalue weighted by Crippen LogP contribution is 2.22. The van der Waals surface area contributed by atoms with Gasteiger partial charge in [0.15, 0.2) is 0 Å². The summed E-state index contributed by atoms with van der Waals surface area (Å²) in [5, 5.41) is 2.85. The standard InChI is InChI=1S/C11H13ClFNO/c1-7(2)5-11(15)14-10-4-3-8(13)6-9(10)12/h3-4,6-7H,5H2,1-2H3,(H,14,15). The van der Waals surface area contributed by atoms with Crippen LogP contribution in [0.1, 0.15) is 20.3 Å². The predicted molar refractivity (Wildman–Crippen MR) is 59.5 cm³/mol. The molecule has 0 spiro atoms. The minimum Gasteiger partial charge on any atom is -0.325 e. The van der Waals surface area contributed by atoms with E-state index in [0.717, 1.165) is 0 Å². The smallest absolute Gasteiger partial charge is 0.224 e. The molecule has 0 radical (unpaired) electrons. The van der Waals surface area contributed by atoms with Crippen LogP contribution in [0, 0.1) is 11.7 Å². The molecule has 0 aromatic heterocycles. The molecule has 4 heteroatoms. The number of nitrogens with one attached hydrogen (secondary N) is 1. The van der Waals surface area contributed by atoms with Crippen LogP contribution in [0.2, 0.25) is 5.02 Å². The second kappa shape index (κ2) is 5.12. The number of benzene rings is 1. The molecule has 0 aliphatic carbocycles. The summed E-state index contributed by atoms with van der Waals surface area (Å²) < 4.78 is 12.7. The second-order valence-electron chi connectivity index (χ2n) is 3.77. The second-order valence-corrected chi connectivity index (χ2v) is 4.18. The van der Waals surface area contributed by atoms with Gasteiger partial charge < -0.3 is 5.32 Å². The highest BCUT2D eigenvalue weighted by atomic mass is 35.5. The Bertz CT molecular complexity index is 366. The van der Waals surface area contributed by atoms with Crippen molar-refractivity contribution in [2.24, 2.45) is 5.92 Å². The van der Waals surface area contributed by atoms with Crippen molar-refractivity contribution in [2.75, 3.05) is 5.32 Å². The van der Waals surface area contributed by atoms with Crippen molar-refractivity contribution in [3.8, 4) is 0 Å². The third-order valence-corrected chi connectivity index (χ3v) is 2.11. The Hall–Kier alpha value is -1.09. The molecule has 0 saturated heterocycles. The van der Waals surface area contributed by atoms with Crippen molar-refractivity contribution in [3.63, 3.8) is 0 Å². The zero-order chi connectivity index (χ0) is 11.4. The summed E-state index contributed by atoms with van der Waals surface area (Å²) >= 11 is 5.76. The van der Waals surface area contributed by atoms with Crippen molar-refractivity contribution < 1.29 is 9.18 Å². The quantitative estimate of drug-likeness (QED) is 0.845. The summed E-state index contributed by atoms with van der Waals surface area (Å²) in [6.07, 6.45) is 0.424. The van der Waals surface area contributed by atoms with Crippen LogP contribution in [0.5, 0.6) is 0 Å². The molecule has 1 aromatic rings. The number of amides is 1. The molecule has 0 heterocycles. The molecule has 2 nitrogen and oxygen atoms in total. The molecular formula is C11H13ClFNO. The van der Waals surface area contributed by atoms with E-state index in [4.69, 9.17) is 11.6 Å². The Morgan fingerprint density at radius 1 is 1.53 bits per heavy atom. The van der Waals surface area contributed by atoms with Gasteiger partial charge in [0.1, 0.15) is 5.82 Å². The lowest BCUT2D eigenvalue weighted by molar-refractivity contribution is -0.116.